The number of nitrogens with one attached hydrogen (secondary N) is 2. The van der Waals surface area contributed by atoms with Gasteiger partial charge in [-0.3, -0.25) is 19.3 Å². The number of carbonyl (C=O) groups excluding carboxylic acids is 3. The predicted octanol–water partition coefficient (Wildman–Crippen LogP) is 1.29. The fourth-order valence-electron chi connectivity index (χ4n) is 4.97. The smallest absolute Gasteiger partial charge is 0.274 e. The first kappa shape index (κ1) is 24.7. The number of carbonyl (C=O) groups is 3. The number of aromatic nitrogens is 2. The Morgan fingerprint density at radius 3 is 2.67 bits per heavy atom. The van der Waals surface area contributed by atoms with Crippen LogP contribution in [0.5, 0.6) is 0 Å². The minimum Gasteiger partial charge on any atom is -0.379 e. The molecular formula is C25H31ClN6O4. The van der Waals surface area contributed by atoms with Gasteiger partial charge in [0, 0.05) is 43.8 Å². The van der Waals surface area contributed by atoms with E-state index in [0.717, 1.165) is 31.5 Å². The molecule has 10 nitrogen and oxygen atoms in total. The normalized spacial score (nSPS) is 22.3. The fourth-order valence-corrected chi connectivity index (χ4v) is 5.17. The maximum Gasteiger partial charge on any atom is 0.274 e. The Morgan fingerprint density at radius 1 is 1.19 bits per heavy atom. The summed E-state index contributed by atoms with van der Waals surface area (Å²) in [7, 11) is 0. The van der Waals surface area contributed by atoms with Gasteiger partial charge in [0.25, 0.3) is 11.8 Å². The van der Waals surface area contributed by atoms with E-state index in [1.165, 1.54) is 6.33 Å². The highest BCUT2D eigenvalue weighted by atomic mass is 35.5. The van der Waals surface area contributed by atoms with Gasteiger partial charge < -0.3 is 24.8 Å². The highest BCUT2D eigenvalue weighted by Crippen LogP contribution is 2.38. The standard InChI is InChI=1S/C25H31ClN6O4/c1-25(24(35)28-14-17-4-2-3-5-19(17)26)15-31-16-29-20(21(31)23(34)32(25)18-6-7-18)22(33)27-8-9-30-10-12-36-13-11-30/h2-5,16,18H,6-15H2,1H3,(H,27,33)(H,28,35)/t25-/m1/s1. The van der Waals surface area contributed by atoms with Gasteiger partial charge in [-0.15, -0.1) is 0 Å². The van der Waals surface area contributed by atoms with Gasteiger partial charge in [0.15, 0.2) is 5.69 Å². The zero-order valence-corrected chi connectivity index (χ0v) is 21.1. The Morgan fingerprint density at radius 2 is 1.94 bits per heavy atom. The van der Waals surface area contributed by atoms with E-state index in [4.69, 9.17) is 16.3 Å². The lowest BCUT2D eigenvalue weighted by molar-refractivity contribution is -0.133. The predicted molar refractivity (Wildman–Crippen MR) is 133 cm³/mol. The van der Waals surface area contributed by atoms with Gasteiger partial charge in [-0.1, -0.05) is 29.8 Å². The number of rotatable bonds is 8. The van der Waals surface area contributed by atoms with Crippen LogP contribution in [-0.4, -0.2) is 88.0 Å². The summed E-state index contributed by atoms with van der Waals surface area (Å²) in [5, 5.41) is 6.42. The molecule has 11 heteroatoms. The lowest BCUT2D eigenvalue weighted by Crippen LogP contribution is -2.64. The third kappa shape index (κ3) is 4.85. The highest BCUT2D eigenvalue weighted by Gasteiger charge is 2.53. The van der Waals surface area contributed by atoms with Crippen molar-refractivity contribution in [3.63, 3.8) is 0 Å². The quantitative estimate of drug-likeness (QED) is 0.549. The Balaban J connectivity index is 1.30. The minimum absolute atomic E-state index is 0.0329. The van der Waals surface area contributed by atoms with Gasteiger partial charge in [-0.05, 0) is 31.4 Å². The number of fused-ring (bicyclic) bond motifs is 1. The molecule has 1 aromatic carbocycles. The van der Waals surface area contributed by atoms with Crippen LogP contribution >= 0.6 is 11.6 Å². The van der Waals surface area contributed by atoms with Crippen molar-refractivity contribution in [3.8, 4) is 0 Å². The molecule has 1 atom stereocenters. The van der Waals surface area contributed by atoms with Gasteiger partial charge in [0.05, 0.1) is 26.1 Å². The molecule has 1 aliphatic carbocycles. The summed E-state index contributed by atoms with van der Waals surface area (Å²) >= 11 is 6.25. The molecule has 0 unspecified atom stereocenters. The van der Waals surface area contributed by atoms with Crippen molar-refractivity contribution >= 4 is 29.3 Å². The average Bonchev–Trinajstić information content (AvgIpc) is 3.61. The molecule has 3 heterocycles. The lowest BCUT2D eigenvalue weighted by atomic mass is 9.93. The summed E-state index contributed by atoms with van der Waals surface area (Å²) in [4.78, 5) is 48.3. The molecule has 0 spiro atoms. The highest BCUT2D eigenvalue weighted by molar-refractivity contribution is 6.31. The lowest BCUT2D eigenvalue weighted by Gasteiger charge is -2.44. The number of halogens is 1. The molecular weight excluding hydrogens is 484 g/mol. The molecule has 5 rings (SSSR count). The van der Waals surface area contributed by atoms with Crippen molar-refractivity contribution < 1.29 is 19.1 Å². The molecule has 0 radical (unpaired) electrons. The minimum atomic E-state index is -1.11. The van der Waals surface area contributed by atoms with Crippen molar-refractivity contribution in [1.82, 2.24) is 30.0 Å². The summed E-state index contributed by atoms with van der Waals surface area (Å²) < 4.78 is 6.98. The van der Waals surface area contributed by atoms with E-state index in [-0.39, 0.29) is 48.2 Å². The first-order chi connectivity index (χ1) is 17.4. The van der Waals surface area contributed by atoms with Crippen LogP contribution in [0.1, 0.15) is 46.3 Å². The number of hydrogen-bond donors (Lipinski definition) is 2. The van der Waals surface area contributed by atoms with Crippen molar-refractivity contribution in [2.24, 2.45) is 0 Å². The monoisotopic (exact) mass is 514 g/mol. The molecule has 1 aromatic heterocycles. The first-order valence-electron chi connectivity index (χ1n) is 12.4. The van der Waals surface area contributed by atoms with Gasteiger partial charge in [-0.2, -0.15) is 0 Å². The molecule has 192 valence electrons. The summed E-state index contributed by atoms with van der Waals surface area (Å²) in [6, 6.07) is 7.29. The van der Waals surface area contributed by atoms with E-state index < -0.39 is 5.54 Å². The van der Waals surface area contributed by atoms with Crippen LogP contribution in [0.3, 0.4) is 0 Å². The number of nitrogens with zero attached hydrogens (tertiary/aromatic N) is 4. The molecule has 3 amide bonds. The van der Waals surface area contributed by atoms with Crippen molar-refractivity contribution in [2.75, 3.05) is 39.4 Å². The van der Waals surface area contributed by atoms with Gasteiger partial charge in [0.1, 0.15) is 11.2 Å². The van der Waals surface area contributed by atoms with Crippen molar-refractivity contribution in [1.29, 1.82) is 0 Å². The van der Waals surface area contributed by atoms with E-state index in [1.54, 1.807) is 22.5 Å². The number of amides is 3. The molecule has 1 saturated heterocycles. The van der Waals surface area contributed by atoms with Crippen LogP contribution in [0, 0.1) is 0 Å². The van der Waals surface area contributed by atoms with Crippen LogP contribution in [0.4, 0.5) is 0 Å². The second-order valence-corrected chi connectivity index (χ2v) is 10.1. The van der Waals surface area contributed by atoms with Gasteiger partial charge in [0.2, 0.25) is 5.91 Å². The number of hydrogen-bond acceptors (Lipinski definition) is 6. The Hall–Kier alpha value is -2.95. The second-order valence-electron chi connectivity index (χ2n) is 9.73. The fraction of sp³-hybridized carbons (Fsp3) is 0.520. The third-order valence-electron chi connectivity index (χ3n) is 7.10. The van der Waals surface area contributed by atoms with Crippen LogP contribution in [0.25, 0.3) is 0 Å². The zero-order chi connectivity index (χ0) is 25.3. The van der Waals surface area contributed by atoms with E-state index in [9.17, 15) is 14.4 Å². The SMILES string of the molecule is C[C@]1(C(=O)NCc2ccccc2Cl)Cn2cnc(C(=O)NCCN3CCOCC3)c2C(=O)N1C1CC1. The number of morpholine rings is 1. The topological polar surface area (TPSA) is 109 Å². The average molecular weight is 515 g/mol. The Bertz CT molecular complexity index is 1160. The summed E-state index contributed by atoms with van der Waals surface area (Å²) in [5.41, 5.74) is 0.0287. The van der Waals surface area contributed by atoms with Crippen LogP contribution < -0.4 is 10.6 Å². The van der Waals surface area contributed by atoms with Crippen molar-refractivity contribution in [2.45, 2.75) is 44.4 Å². The Labute approximate surface area is 214 Å². The number of benzene rings is 1. The van der Waals surface area contributed by atoms with Crippen LogP contribution in [-0.2, 0) is 22.6 Å². The maximum atomic E-state index is 13.7. The largest absolute Gasteiger partial charge is 0.379 e. The molecule has 2 N–H and O–H groups in total. The summed E-state index contributed by atoms with van der Waals surface area (Å²) in [6.07, 6.45) is 3.14. The molecule has 2 fully saturated rings. The third-order valence-corrected chi connectivity index (χ3v) is 7.47. The molecule has 3 aliphatic rings. The Kier molecular flexibility index (Phi) is 7.00. The molecule has 2 aliphatic heterocycles. The van der Waals surface area contributed by atoms with Gasteiger partial charge in [-0.25, -0.2) is 4.98 Å². The van der Waals surface area contributed by atoms with Crippen molar-refractivity contribution in [3.05, 3.63) is 52.6 Å². The molecule has 2 aromatic rings. The molecule has 0 bridgehead atoms. The van der Waals surface area contributed by atoms with E-state index in [2.05, 4.69) is 20.5 Å². The number of ether oxygens (including phenoxy) is 1. The molecule has 36 heavy (non-hydrogen) atoms. The molecule has 1 saturated carbocycles. The van der Waals surface area contributed by atoms with Gasteiger partial charge >= 0.3 is 0 Å². The maximum absolute atomic E-state index is 13.7. The van der Waals surface area contributed by atoms with Crippen LogP contribution in [0.2, 0.25) is 5.02 Å². The number of imidazole rings is 1. The zero-order valence-electron chi connectivity index (χ0n) is 20.3. The van der Waals surface area contributed by atoms with E-state index in [0.29, 0.717) is 31.3 Å². The summed E-state index contributed by atoms with van der Waals surface area (Å²) in [5.74, 6) is -0.985. The summed E-state index contributed by atoms with van der Waals surface area (Å²) in [6.45, 7) is 6.46. The first-order valence-corrected chi connectivity index (χ1v) is 12.7. The van der Waals surface area contributed by atoms with Crippen LogP contribution in [0.15, 0.2) is 30.6 Å². The second kappa shape index (κ2) is 10.2. The van der Waals surface area contributed by atoms with E-state index >= 15 is 0 Å². The van der Waals surface area contributed by atoms with E-state index in [1.807, 2.05) is 18.2 Å².